The first-order valence-electron chi connectivity index (χ1n) is 5.54. The Morgan fingerprint density at radius 3 is 3.00 bits per heavy atom. The predicted octanol–water partition coefficient (Wildman–Crippen LogP) is 2.24. The van der Waals surface area contributed by atoms with E-state index in [2.05, 4.69) is 6.07 Å². The number of hydrogen-bond acceptors (Lipinski definition) is 4. The molecule has 2 bridgehead atoms. The number of aliphatic hydroxyl groups is 1. The van der Waals surface area contributed by atoms with Gasteiger partial charge < -0.3 is 9.84 Å². The van der Waals surface area contributed by atoms with Gasteiger partial charge in [0.25, 0.3) is 0 Å². The lowest BCUT2D eigenvalue weighted by Gasteiger charge is -2.32. The van der Waals surface area contributed by atoms with Crippen LogP contribution in [0.2, 0.25) is 0 Å². The van der Waals surface area contributed by atoms with Gasteiger partial charge in [-0.25, -0.2) is 0 Å². The molecule has 3 nitrogen and oxygen atoms in total. The molecule has 0 aromatic carbocycles. The van der Waals surface area contributed by atoms with E-state index in [1.165, 1.54) is 11.3 Å². The molecule has 2 aliphatic rings. The standard InChI is InChI=1S/C12H13NO2S/c13-7-12(6-8-3-4-10(12)15-8)11(14)9-2-1-5-16-9/h1-2,5,8,10-11,14H,3-4,6H2. The SMILES string of the molecule is N#CC1(C(O)c2cccs2)CC2CCC1O2. The van der Waals surface area contributed by atoms with Gasteiger partial charge in [-0.3, -0.25) is 0 Å². The lowest BCUT2D eigenvalue weighted by molar-refractivity contribution is 0.00526. The zero-order valence-electron chi connectivity index (χ0n) is 8.80. The Bertz CT molecular complexity index is 425. The molecule has 2 saturated heterocycles. The molecular formula is C12H13NO2S. The number of nitrogens with zero attached hydrogens (tertiary/aromatic N) is 1. The number of hydrogen-bond donors (Lipinski definition) is 1. The van der Waals surface area contributed by atoms with Crippen LogP contribution in [-0.4, -0.2) is 17.3 Å². The number of fused-ring (bicyclic) bond motifs is 2. The van der Waals surface area contributed by atoms with E-state index < -0.39 is 11.5 Å². The second-order valence-corrected chi connectivity index (χ2v) is 5.58. The van der Waals surface area contributed by atoms with Crippen molar-refractivity contribution in [2.24, 2.45) is 5.41 Å². The van der Waals surface area contributed by atoms with Gasteiger partial charge in [0.05, 0.1) is 18.3 Å². The normalized spacial score (nSPS) is 38.5. The summed E-state index contributed by atoms with van der Waals surface area (Å²) >= 11 is 1.50. The highest BCUT2D eigenvalue weighted by molar-refractivity contribution is 7.10. The van der Waals surface area contributed by atoms with Gasteiger partial charge in [-0.05, 0) is 30.7 Å². The van der Waals surface area contributed by atoms with E-state index in [9.17, 15) is 10.4 Å². The van der Waals surface area contributed by atoms with Gasteiger partial charge in [-0.2, -0.15) is 5.26 Å². The van der Waals surface area contributed by atoms with E-state index in [4.69, 9.17) is 4.74 Å². The summed E-state index contributed by atoms with van der Waals surface area (Å²) in [5.41, 5.74) is -0.715. The molecule has 1 aromatic heterocycles. The number of rotatable bonds is 2. The average Bonchev–Trinajstić information content (AvgIpc) is 3.03. The molecule has 0 spiro atoms. The van der Waals surface area contributed by atoms with Crippen LogP contribution < -0.4 is 0 Å². The maximum Gasteiger partial charge on any atom is 0.117 e. The second-order valence-electron chi connectivity index (χ2n) is 4.60. The number of aliphatic hydroxyl groups excluding tert-OH is 1. The van der Waals surface area contributed by atoms with Crippen LogP contribution in [0.4, 0.5) is 0 Å². The van der Waals surface area contributed by atoms with Crippen molar-refractivity contribution >= 4 is 11.3 Å². The molecule has 0 amide bonds. The third kappa shape index (κ3) is 1.26. The Labute approximate surface area is 98.3 Å². The van der Waals surface area contributed by atoms with Crippen LogP contribution in [-0.2, 0) is 4.74 Å². The first-order chi connectivity index (χ1) is 7.76. The minimum atomic E-state index is -0.715. The third-order valence-corrected chi connectivity index (χ3v) is 4.68. The first-order valence-corrected chi connectivity index (χ1v) is 6.42. The lowest BCUT2D eigenvalue weighted by Crippen LogP contribution is -2.36. The maximum absolute atomic E-state index is 10.4. The van der Waals surface area contributed by atoms with Crippen LogP contribution in [0, 0.1) is 16.7 Å². The van der Waals surface area contributed by atoms with Crippen molar-refractivity contribution in [3.05, 3.63) is 22.4 Å². The van der Waals surface area contributed by atoms with Gasteiger partial charge in [0, 0.05) is 4.88 Å². The Morgan fingerprint density at radius 1 is 1.62 bits per heavy atom. The van der Waals surface area contributed by atoms with Crippen LogP contribution in [0.3, 0.4) is 0 Å². The molecule has 0 aliphatic carbocycles. The van der Waals surface area contributed by atoms with Crippen molar-refractivity contribution in [2.45, 2.75) is 37.6 Å². The molecule has 84 valence electrons. The molecule has 0 saturated carbocycles. The predicted molar refractivity (Wildman–Crippen MR) is 59.8 cm³/mol. The van der Waals surface area contributed by atoms with Gasteiger partial charge in [0.15, 0.2) is 0 Å². The third-order valence-electron chi connectivity index (χ3n) is 3.76. The van der Waals surface area contributed by atoms with Crippen LogP contribution in [0.1, 0.15) is 30.2 Å². The number of ether oxygens (including phenoxy) is 1. The summed E-state index contributed by atoms with van der Waals surface area (Å²) in [6, 6.07) is 6.12. The monoisotopic (exact) mass is 235 g/mol. The molecule has 3 rings (SSSR count). The second kappa shape index (κ2) is 3.56. The quantitative estimate of drug-likeness (QED) is 0.855. The topological polar surface area (TPSA) is 53.2 Å². The summed E-state index contributed by atoms with van der Waals surface area (Å²) in [5, 5.41) is 21.7. The molecule has 2 fully saturated rings. The molecule has 4 heteroatoms. The maximum atomic E-state index is 10.4. The molecule has 0 radical (unpaired) electrons. The van der Waals surface area contributed by atoms with Gasteiger partial charge in [-0.15, -0.1) is 11.3 Å². The van der Waals surface area contributed by atoms with Crippen molar-refractivity contribution in [3.63, 3.8) is 0 Å². The molecule has 4 unspecified atom stereocenters. The fourth-order valence-electron chi connectivity index (χ4n) is 2.91. The molecule has 4 atom stereocenters. The molecular weight excluding hydrogens is 222 g/mol. The van der Waals surface area contributed by atoms with Gasteiger partial charge >= 0.3 is 0 Å². The highest BCUT2D eigenvalue weighted by Crippen LogP contribution is 2.54. The zero-order valence-corrected chi connectivity index (χ0v) is 9.61. The van der Waals surface area contributed by atoms with Crippen molar-refractivity contribution < 1.29 is 9.84 Å². The first kappa shape index (κ1) is 10.3. The molecule has 2 aliphatic heterocycles. The van der Waals surface area contributed by atoms with Crippen molar-refractivity contribution in [1.82, 2.24) is 0 Å². The summed E-state index contributed by atoms with van der Waals surface area (Å²) < 4.78 is 5.72. The molecule has 1 aromatic rings. The minimum Gasteiger partial charge on any atom is -0.386 e. The lowest BCUT2D eigenvalue weighted by atomic mass is 9.71. The van der Waals surface area contributed by atoms with Gasteiger partial charge in [0.1, 0.15) is 11.5 Å². The average molecular weight is 235 g/mol. The number of thiophene rings is 1. The van der Waals surface area contributed by atoms with Crippen molar-refractivity contribution in [1.29, 1.82) is 5.26 Å². The highest BCUT2D eigenvalue weighted by Gasteiger charge is 2.57. The highest BCUT2D eigenvalue weighted by atomic mass is 32.1. The fourth-order valence-corrected chi connectivity index (χ4v) is 3.72. The van der Waals surface area contributed by atoms with Crippen LogP contribution in [0.15, 0.2) is 17.5 Å². The largest absolute Gasteiger partial charge is 0.386 e. The summed E-state index contributed by atoms with van der Waals surface area (Å²) in [6.07, 6.45) is 2.01. The van der Waals surface area contributed by atoms with Gasteiger partial charge in [-0.1, -0.05) is 6.07 Å². The van der Waals surface area contributed by atoms with E-state index in [1.807, 2.05) is 17.5 Å². The van der Waals surface area contributed by atoms with Gasteiger partial charge in [0.2, 0.25) is 0 Å². The summed E-state index contributed by atoms with van der Waals surface area (Å²) in [5.74, 6) is 0. The van der Waals surface area contributed by atoms with E-state index in [1.54, 1.807) is 0 Å². The Kier molecular flexibility index (Phi) is 2.28. The summed E-state index contributed by atoms with van der Waals surface area (Å²) in [4.78, 5) is 0.873. The van der Waals surface area contributed by atoms with E-state index in [0.29, 0.717) is 6.42 Å². The van der Waals surface area contributed by atoms with Crippen molar-refractivity contribution in [3.8, 4) is 6.07 Å². The van der Waals surface area contributed by atoms with Crippen LogP contribution in [0.25, 0.3) is 0 Å². The minimum absolute atomic E-state index is 0.0837. The Balaban J connectivity index is 1.95. The van der Waals surface area contributed by atoms with E-state index in [-0.39, 0.29) is 12.2 Å². The summed E-state index contributed by atoms with van der Waals surface area (Å²) in [6.45, 7) is 0. The van der Waals surface area contributed by atoms with E-state index >= 15 is 0 Å². The van der Waals surface area contributed by atoms with Crippen LogP contribution >= 0.6 is 11.3 Å². The molecule has 1 N–H and O–H groups in total. The Hall–Kier alpha value is -0.890. The van der Waals surface area contributed by atoms with Crippen LogP contribution in [0.5, 0.6) is 0 Å². The fraction of sp³-hybridized carbons (Fsp3) is 0.583. The number of nitriles is 1. The van der Waals surface area contributed by atoms with E-state index in [0.717, 1.165) is 17.7 Å². The van der Waals surface area contributed by atoms with Crippen molar-refractivity contribution in [2.75, 3.05) is 0 Å². The molecule has 3 heterocycles. The smallest absolute Gasteiger partial charge is 0.117 e. The Morgan fingerprint density at radius 2 is 2.50 bits per heavy atom. The summed E-state index contributed by atoms with van der Waals surface area (Å²) in [7, 11) is 0. The zero-order chi connectivity index (χ0) is 11.2. The molecule has 16 heavy (non-hydrogen) atoms.